The Morgan fingerprint density at radius 1 is 1.13 bits per heavy atom. The predicted molar refractivity (Wildman–Crippen MR) is 119 cm³/mol. The summed E-state index contributed by atoms with van der Waals surface area (Å²) in [6, 6.07) is 0. The van der Waals surface area contributed by atoms with Gasteiger partial charge in [0, 0.05) is 0 Å². The second kappa shape index (κ2) is 13.8. The summed E-state index contributed by atoms with van der Waals surface area (Å²) in [5.74, 6) is -1.87. The minimum atomic E-state index is -4.75. The van der Waals surface area contributed by atoms with E-state index >= 15 is 0 Å². The zero-order valence-electron chi connectivity index (χ0n) is 20.7. The Kier molecular flexibility index (Phi) is 11.4. The number of aliphatic hydroxyl groups excluding tert-OH is 1. The summed E-state index contributed by atoms with van der Waals surface area (Å²) < 4.78 is 80.3. The molecule has 3 N–H and O–H groups in total. The fraction of sp³-hybridized carbons (Fsp3) is 0.684. The first-order valence-corrected chi connectivity index (χ1v) is 12.4. The van der Waals surface area contributed by atoms with Gasteiger partial charge in [-0.2, -0.15) is 4.98 Å². The quantitative estimate of drug-likeness (QED) is 0.207. The molecule has 0 spiro atoms. The molecule has 1 aromatic rings. The number of nitrogen functional groups attached to an aromatic ring is 1. The fourth-order valence-corrected chi connectivity index (χ4v) is 3.63. The lowest BCUT2D eigenvalue weighted by molar-refractivity contribution is -0.0684. The lowest BCUT2D eigenvalue weighted by atomic mass is 10.1. The summed E-state index contributed by atoms with van der Waals surface area (Å²) >= 11 is 0. The van der Waals surface area contributed by atoms with E-state index in [1.807, 2.05) is 0 Å². The maximum absolute atomic E-state index is 14.7. The maximum Gasteiger partial charge on any atom is 0.510 e. The van der Waals surface area contributed by atoms with Crippen LogP contribution in [-0.2, 0) is 41.8 Å². The van der Waals surface area contributed by atoms with Crippen molar-refractivity contribution in [3.05, 3.63) is 22.5 Å². The van der Waals surface area contributed by atoms with Gasteiger partial charge in [0.25, 0.3) is 0 Å². The second-order valence-electron chi connectivity index (χ2n) is 8.02. The van der Waals surface area contributed by atoms with Crippen LogP contribution >= 0.6 is 7.82 Å². The zero-order chi connectivity index (χ0) is 28.6. The summed E-state index contributed by atoms with van der Waals surface area (Å²) in [5.41, 5.74) is 4.03. The number of ether oxygens (including phenoxy) is 5. The first-order valence-electron chi connectivity index (χ1n) is 10.9. The van der Waals surface area contributed by atoms with Crippen LogP contribution in [0.5, 0.6) is 0 Å². The van der Waals surface area contributed by atoms with E-state index in [1.165, 1.54) is 27.7 Å². The summed E-state index contributed by atoms with van der Waals surface area (Å²) in [4.78, 5) is 38.2. The van der Waals surface area contributed by atoms with E-state index in [0.29, 0.717) is 10.8 Å². The minimum absolute atomic E-state index is 0.425. The molecule has 1 aliphatic rings. The van der Waals surface area contributed by atoms with Gasteiger partial charge in [0.1, 0.15) is 12.2 Å². The smallest absolute Gasteiger partial charge is 0.432 e. The SMILES string of the molecule is CC(C)OC(=O)OCOP(=O)(OCOC(=O)OC(C)C)OC[C@H]1O[C@@H](n2cc(F)c(N)nc2=O)[C@@H](F)[C@@H]1O. The highest BCUT2D eigenvalue weighted by molar-refractivity contribution is 7.48. The Hall–Kier alpha value is -2.89. The van der Waals surface area contributed by atoms with Gasteiger partial charge in [-0.1, -0.05) is 0 Å². The molecule has 4 atom stereocenters. The van der Waals surface area contributed by atoms with Crippen molar-refractivity contribution in [3.63, 3.8) is 0 Å². The van der Waals surface area contributed by atoms with Crippen molar-refractivity contribution < 1.29 is 65.3 Å². The normalized spacial score (nSPS) is 21.5. The predicted octanol–water partition coefficient (Wildman–Crippen LogP) is 1.76. The number of anilines is 1. The standard InChI is InChI=1S/C19H28F2N3O13P/c1-9(2)35-18(27)30-7-33-38(29,34-8-31-19(28)36-10(3)4)32-6-12-14(25)13(21)16(37-12)24-5-11(20)15(22)23-17(24)26/h5,9-10,12-14,16,25H,6-8H2,1-4H3,(H2,22,23,26)/t12-,13+,14-,16-/m1/s1. The molecule has 2 rings (SSSR count). The van der Waals surface area contributed by atoms with Gasteiger partial charge in [-0.3, -0.25) is 9.09 Å². The number of nitrogens with two attached hydrogens (primary N) is 1. The van der Waals surface area contributed by atoms with E-state index in [0.717, 1.165) is 0 Å². The largest absolute Gasteiger partial charge is 0.510 e. The molecule has 0 amide bonds. The van der Waals surface area contributed by atoms with Gasteiger partial charge in [-0.15, -0.1) is 0 Å². The number of carbonyl (C=O) groups excluding carboxylic acids is 2. The average molecular weight is 575 g/mol. The van der Waals surface area contributed by atoms with Gasteiger partial charge in [0.15, 0.2) is 24.0 Å². The first kappa shape index (κ1) is 31.3. The lowest BCUT2D eigenvalue weighted by Crippen LogP contribution is -2.34. The molecule has 0 aromatic carbocycles. The fourth-order valence-electron chi connectivity index (χ4n) is 2.71. The topological polar surface area (TPSA) is 206 Å². The van der Waals surface area contributed by atoms with E-state index < -0.39 is 94.5 Å². The van der Waals surface area contributed by atoms with Crippen molar-refractivity contribution in [2.45, 2.75) is 64.5 Å². The third-order valence-electron chi connectivity index (χ3n) is 4.34. The van der Waals surface area contributed by atoms with Crippen LogP contribution in [-0.4, -0.2) is 77.7 Å². The molecule has 0 aliphatic carbocycles. The number of halogens is 2. The van der Waals surface area contributed by atoms with Gasteiger partial charge < -0.3 is 34.5 Å². The molecule has 16 nitrogen and oxygen atoms in total. The minimum Gasteiger partial charge on any atom is -0.432 e. The summed E-state index contributed by atoms with van der Waals surface area (Å²) in [7, 11) is -4.75. The Balaban J connectivity index is 2.06. The highest BCUT2D eigenvalue weighted by Gasteiger charge is 2.47. The van der Waals surface area contributed by atoms with E-state index in [4.69, 9.17) is 33.5 Å². The number of rotatable bonds is 12. The van der Waals surface area contributed by atoms with E-state index in [1.54, 1.807) is 0 Å². The molecule has 1 aromatic heterocycles. The molecule has 38 heavy (non-hydrogen) atoms. The Morgan fingerprint density at radius 2 is 1.66 bits per heavy atom. The number of carbonyl (C=O) groups is 2. The van der Waals surface area contributed by atoms with Gasteiger partial charge in [-0.25, -0.2) is 36.8 Å². The van der Waals surface area contributed by atoms with Gasteiger partial charge in [-0.05, 0) is 27.7 Å². The monoisotopic (exact) mass is 575 g/mol. The van der Waals surface area contributed by atoms with Gasteiger partial charge in [0.05, 0.1) is 25.0 Å². The molecule has 216 valence electrons. The van der Waals surface area contributed by atoms with Crippen LogP contribution in [0.2, 0.25) is 0 Å². The number of phosphoric ester groups is 1. The van der Waals surface area contributed by atoms with E-state index in [2.05, 4.69) is 14.5 Å². The van der Waals surface area contributed by atoms with Crippen LogP contribution in [0.15, 0.2) is 11.0 Å². The Morgan fingerprint density at radius 3 is 2.16 bits per heavy atom. The molecular formula is C19H28F2N3O13P. The van der Waals surface area contributed by atoms with Crippen LogP contribution < -0.4 is 11.4 Å². The number of hydrogen-bond acceptors (Lipinski definition) is 15. The number of alkyl halides is 1. The van der Waals surface area contributed by atoms with Crippen molar-refractivity contribution in [1.29, 1.82) is 0 Å². The molecular weight excluding hydrogens is 547 g/mol. The summed E-state index contributed by atoms with van der Waals surface area (Å²) in [6.07, 6.45) is -10.6. The van der Waals surface area contributed by atoms with Crippen molar-refractivity contribution in [1.82, 2.24) is 9.55 Å². The van der Waals surface area contributed by atoms with Crippen LogP contribution in [0, 0.1) is 5.82 Å². The summed E-state index contributed by atoms with van der Waals surface area (Å²) in [5, 5.41) is 10.2. The van der Waals surface area contributed by atoms with Crippen molar-refractivity contribution in [2.75, 3.05) is 25.9 Å². The molecule has 1 aliphatic heterocycles. The first-order chi connectivity index (χ1) is 17.7. The Labute approximate surface area is 214 Å². The zero-order valence-corrected chi connectivity index (χ0v) is 21.6. The van der Waals surface area contributed by atoms with Crippen molar-refractivity contribution in [3.8, 4) is 0 Å². The van der Waals surface area contributed by atoms with Crippen LogP contribution in [0.1, 0.15) is 33.9 Å². The van der Waals surface area contributed by atoms with Crippen LogP contribution in [0.3, 0.4) is 0 Å². The molecule has 0 bridgehead atoms. The summed E-state index contributed by atoms with van der Waals surface area (Å²) in [6.45, 7) is 3.22. The van der Waals surface area contributed by atoms with Crippen molar-refractivity contribution >= 4 is 26.0 Å². The number of phosphoric acid groups is 1. The van der Waals surface area contributed by atoms with Crippen LogP contribution in [0.25, 0.3) is 0 Å². The highest BCUT2D eigenvalue weighted by atomic mass is 31.2. The Bertz CT molecular complexity index is 1040. The number of aromatic nitrogens is 2. The number of aliphatic hydroxyl groups is 1. The maximum atomic E-state index is 14.7. The van der Waals surface area contributed by atoms with E-state index in [-0.39, 0.29) is 0 Å². The molecule has 1 saturated heterocycles. The van der Waals surface area contributed by atoms with Crippen LogP contribution in [0.4, 0.5) is 24.2 Å². The van der Waals surface area contributed by atoms with Gasteiger partial charge in [0.2, 0.25) is 13.6 Å². The highest BCUT2D eigenvalue weighted by Crippen LogP contribution is 2.50. The molecule has 0 radical (unpaired) electrons. The molecule has 2 heterocycles. The van der Waals surface area contributed by atoms with Crippen molar-refractivity contribution in [2.24, 2.45) is 0 Å². The van der Waals surface area contributed by atoms with E-state index in [9.17, 15) is 32.8 Å². The lowest BCUT2D eigenvalue weighted by Gasteiger charge is -2.21. The third kappa shape index (κ3) is 9.14. The number of nitrogens with zero attached hydrogens (tertiary/aromatic N) is 2. The molecule has 1 fully saturated rings. The molecule has 19 heteroatoms. The molecule has 0 unspecified atom stereocenters. The van der Waals surface area contributed by atoms with Gasteiger partial charge >= 0.3 is 25.8 Å². The molecule has 0 saturated carbocycles. The second-order valence-corrected chi connectivity index (χ2v) is 9.69. The third-order valence-corrected chi connectivity index (χ3v) is 5.65. The average Bonchev–Trinajstić information content (AvgIpc) is 3.07. The number of hydrogen-bond donors (Lipinski definition) is 2.